The molecule has 0 aliphatic carbocycles. The van der Waals surface area contributed by atoms with E-state index in [4.69, 9.17) is 0 Å². The van der Waals surface area contributed by atoms with Crippen molar-refractivity contribution in [3.05, 3.63) is 32.9 Å². The molecule has 1 saturated heterocycles. The number of nitrogens with one attached hydrogen (secondary N) is 1. The van der Waals surface area contributed by atoms with Crippen molar-refractivity contribution in [2.75, 3.05) is 5.75 Å². The maximum absolute atomic E-state index is 12.6. The lowest BCUT2D eigenvalue weighted by Gasteiger charge is -2.07. The number of alkyl halides is 3. The first-order chi connectivity index (χ1) is 9.34. The predicted molar refractivity (Wildman–Crippen MR) is 79.8 cm³/mol. The number of nitrogens with zero attached hydrogens (tertiary/aromatic N) is 2. The summed E-state index contributed by atoms with van der Waals surface area (Å²) in [6, 6.07) is 3.60. The fraction of sp³-hybridized carbons (Fsp3) is 0.182. The molecule has 106 valence electrons. The highest BCUT2D eigenvalue weighted by molar-refractivity contribution is 14.1. The van der Waals surface area contributed by atoms with Gasteiger partial charge in [-0.3, -0.25) is 4.79 Å². The quantitative estimate of drug-likeness (QED) is 0.461. The Labute approximate surface area is 130 Å². The Morgan fingerprint density at radius 3 is 2.70 bits per heavy atom. The average molecular weight is 413 g/mol. The monoisotopic (exact) mass is 413 g/mol. The minimum atomic E-state index is -4.40. The maximum Gasteiger partial charge on any atom is 0.416 e. The van der Waals surface area contributed by atoms with E-state index in [2.05, 4.69) is 15.5 Å². The summed E-state index contributed by atoms with van der Waals surface area (Å²) in [4.78, 5) is 10.9. The SMILES string of the molecule is O=C1CSC(=NN=Cc2cc(I)cc(C(F)(F)F)c2)N1. The molecule has 0 radical (unpaired) electrons. The lowest BCUT2D eigenvalue weighted by Crippen LogP contribution is -2.19. The van der Waals surface area contributed by atoms with Crippen LogP contribution in [-0.4, -0.2) is 23.0 Å². The molecule has 20 heavy (non-hydrogen) atoms. The molecule has 0 saturated carbocycles. The van der Waals surface area contributed by atoms with E-state index in [9.17, 15) is 18.0 Å². The largest absolute Gasteiger partial charge is 0.416 e. The normalized spacial score (nSPS) is 18.0. The number of carbonyl (C=O) groups is 1. The van der Waals surface area contributed by atoms with E-state index in [0.29, 0.717) is 14.3 Å². The molecule has 0 atom stereocenters. The molecule has 0 aromatic heterocycles. The lowest BCUT2D eigenvalue weighted by atomic mass is 10.1. The minimum Gasteiger partial charge on any atom is -0.303 e. The molecule has 1 N–H and O–H groups in total. The summed E-state index contributed by atoms with van der Waals surface area (Å²) in [5, 5.41) is 10.2. The molecule has 1 fully saturated rings. The summed E-state index contributed by atoms with van der Waals surface area (Å²) < 4.78 is 38.4. The molecular formula is C11H7F3IN3OS. The first kappa shape index (κ1) is 15.3. The van der Waals surface area contributed by atoms with Crippen LogP contribution in [0.25, 0.3) is 0 Å². The lowest BCUT2D eigenvalue weighted by molar-refractivity contribution is -0.137. The van der Waals surface area contributed by atoms with Gasteiger partial charge in [0, 0.05) is 3.57 Å². The molecule has 0 unspecified atom stereocenters. The Morgan fingerprint density at radius 1 is 1.35 bits per heavy atom. The summed E-state index contributed by atoms with van der Waals surface area (Å²) in [6.45, 7) is 0. The van der Waals surface area contributed by atoms with E-state index in [-0.39, 0.29) is 11.7 Å². The third kappa shape index (κ3) is 4.20. The van der Waals surface area contributed by atoms with Crippen molar-refractivity contribution in [1.29, 1.82) is 0 Å². The zero-order chi connectivity index (χ0) is 14.8. The van der Waals surface area contributed by atoms with Gasteiger partial charge in [-0.1, -0.05) is 11.8 Å². The van der Waals surface area contributed by atoms with Crippen molar-refractivity contribution in [1.82, 2.24) is 5.32 Å². The fourth-order valence-corrected chi connectivity index (χ4v) is 2.70. The van der Waals surface area contributed by atoms with Crippen LogP contribution in [0.4, 0.5) is 13.2 Å². The van der Waals surface area contributed by atoms with Gasteiger partial charge in [-0.2, -0.15) is 18.3 Å². The molecule has 9 heteroatoms. The van der Waals surface area contributed by atoms with E-state index in [0.717, 1.165) is 12.1 Å². The highest BCUT2D eigenvalue weighted by Gasteiger charge is 2.30. The molecule has 1 aliphatic rings. The molecule has 1 heterocycles. The van der Waals surface area contributed by atoms with Crippen LogP contribution >= 0.6 is 34.4 Å². The zero-order valence-corrected chi connectivity index (χ0v) is 12.7. The van der Waals surface area contributed by atoms with Crippen LogP contribution in [0.3, 0.4) is 0 Å². The Kier molecular flexibility index (Phi) is 4.68. The van der Waals surface area contributed by atoms with Gasteiger partial charge in [0.15, 0.2) is 5.17 Å². The van der Waals surface area contributed by atoms with Gasteiger partial charge < -0.3 is 5.32 Å². The Hall–Kier alpha value is -1.10. The van der Waals surface area contributed by atoms with Gasteiger partial charge in [0.25, 0.3) is 0 Å². The van der Waals surface area contributed by atoms with Crippen LogP contribution in [0, 0.1) is 3.57 Å². The highest BCUT2D eigenvalue weighted by Crippen LogP contribution is 2.30. The van der Waals surface area contributed by atoms with E-state index < -0.39 is 11.7 Å². The Bertz CT molecular complexity index is 601. The second-order valence-corrected chi connectivity index (χ2v) is 5.97. The van der Waals surface area contributed by atoms with Gasteiger partial charge in [0.05, 0.1) is 17.5 Å². The first-order valence-electron chi connectivity index (χ1n) is 5.26. The number of thioether (sulfide) groups is 1. The van der Waals surface area contributed by atoms with Crippen LogP contribution < -0.4 is 5.32 Å². The number of hydrogen-bond acceptors (Lipinski definition) is 4. The van der Waals surface area contributed by atoms with Crippen molar-refractivity contribution in [2.24, 2.45) is 10.2 Å². The number of hydrogen-bond donors (Lipinski definition) is 1. The zero-order valence-electron chi connectivity index (χ0n) is 9.74. The van der Waals surface area contributed by atoms with Crippen LogP contribution in [0.1, 0.15) is 11.1 Å². The van der Waals surface area contributed by atoms with Crippen LogP contribution in [0.15, 0.2) is 28.4 Å². The topological polar surface area (TPSA) is 53.8 Å². The van der Waals surface area contributed by atoms with Crippen molar-refractivity contribution < 1.29 is 18.0 Å². The minimum absolute atomic E-state index is 0.169. The van der Waals surface area contributed by atoms with Gasteiger partial charge in [-0.15, -0.1) is 5.10 Å². The Morgan fingerprint density at radius 2 is 2.10 bits per heavy atom. The van der Waals surface area contributed by atoms with Crippen LogP contribution in [-0.2, 0) is 11.0 Å². The summed E-state index contributed by atoms with van der Waals surface area (Å²) in [5.41, 5.74) is -0.440. The van der Waals surface area contributed by atoms with Gasteiger partial charge in [-0.05, 0) is 46.4 Å². The van der Waals surface area contributed by atoms with Crippen LogP contribution in [0.2, 0.25) is 0 Å². The van der Waals surface area contributed by atoms with Gasteiger partial charge in [0.2, 0.25) is 5.91 Å². The van der Waals surface area contributed by atoms with Crippen molar-refractivity contribution in [3.63, 3.8) is 0 Å². The van der Waals surface area contributed by atoms with Gasteiger partial charge in [0.1, 0.15) is 0 Å². The average Bonchev–Trinajstić information content (AvgIpc) is 2.73. The predicted octanol–water partition coefficient (Wildman–Crippen LogP) is 2.86. The van der Waals surface area contributed by atoms with E-state index >= 15 is 0 Å². The van der Waals surface area contributed by atoms with Crippen molar-refractivity contribution in [3.8, 4) is 0 Å². The number of benzene rings is 1. The Balaban J connectivity index is 2.17. The van der Waals surface area contributed by atoms with E-state index in [1.165, 1.54) is 18.0 Å². The van der Waals surface area contributed by atoms with Gasteiger partial charge >= 0.3 is 6.18 Å². The second kappa shape index (κ2) is 6.12. The van der Waals surface area contributed by atoms with Gasteiger partial charge in [-0.25, -0.2) is 0 Å². The van der Waals surface area contributed by atoms with Crippen LogP contribution in [0.5, 0.6) is 0 Å². The van der Waals surface area contributed by atoms with Crippen molar-refractivity contribution >= 4 is 51.6 Å². The fourth-order valence-electron chi connectivity index (χ4n) is 1.38. The first-order valence-corrected chi connectivity index (χ1v) is 7.32. The third-order valence-corrected chi connectivity index (χ3v) is 3.68. The molecule has 0 bridgehead atoms. The van der Waals surface area contributed by atoms with E-state index in [1.807, 2.05) is 0 Å². The molecule has 1 amide bonds. The second-order valence-electron chi connectivity index (χ2n) is 3.76. The molecule has 4 nitrogen and oxygen atoms in total. The number of halogens is 4. The standard InChI is InChI=1S/C11H7F3IN3OS/c12-11(13,14)7-1-6(2-8(15)3-7)4-16-18-10-17-9(19)5-20-10/h1-4H,5H2,(H,17,18,19). The smallest absolute Gasteiger partial charge is 0.303 e. The summed E-state index contributed by atoms with van der Waals surface area (Å²) in [6.07, 6.45) is -3.18. The molecule has 2 rings (SSSR count). The molecule has 1 aromatic carbocycles. The summed E-state index contributed by atoms with van der Waals surface area (Å²) in [7, 11) is 0. The van der Waals surface area contributed by atoms with E-state index in [1.54, 1.807) is 28.7 Å². The third-order valence-electron chi connectivity index (χ3n) is 2.19. The summed E-state index contributed by atoms with van der Waals surface area (Å²) in [5.74, 6) is 0.105. The highest BCUT2D eigenvalue weighted by atomic mass is 127. The number of amidine groups is 1. The number of rotatable bonds is 2. The molecule has 1 aromatic rings. The number of carbonyl (C=O) groups excluding carboxylic acids is 1. The maximum atomic E-state index is 12.6. The molecule has 1 aliphatic heterocycles. The molecule has 0 spiro atoms. The summed E-state index contributed by atoms with van der Waals surface area (Å²) >= 11 is 3.00. The number of amides is 1. The molecular weight excluding hydrogens is 406 g/mol. The van der Waals surface area contributed by atoms with Crippen molar-refractivity contribution in [2.45, 2.75) is 6.18 Å².